The van der Waals surface area contributed by atoms with E-state index < -0.39 is 12.0 Å². The van der Waals surface area contributed by atoms with Crippen molar-refractivity contribution in [3.05, 3.63) is 12.4 Å². The predicted molar refractivity (Wildman–Crippen MR) is 74.4 cm³/mol. The molecule has 0 aliphatic heterocycles. The first-order valence-corrected chi connectivity index (χ1v) is 6.19. The van der Waals surface area contributed by atoms with Crippen molar-refractivity contribution in [2.75, 3.05) is 37.8 Å². The standard InChI is InChI=1S/C12H21N5O2/c1-9(12(18)19)16-11-7-10(14-8-15-11)13-5-4-6-17(2)3/h7-9H,4-6H2,1-3H3,(H,18,19)(H2,13,14,15,16). The van der Waals surface area contributed by atoms with E-state index in [9.17, 15) is 4.79 Å². The first-order valence-electron chi connectivity index (χ1n) is 6.19. The SMILES string of the molecule is CC(Nc1cc(NCCCN(C)C)ncn1)C(=O)O. The number of carboxylic acid groups (broad SMARTS) is 1. The topological polar surface area (TPSA) is 90.4 Å². The number of aromatic nitrogens is 2. The molecule has 0 saturated carbocycles. The highest BCUT2D eigenvalue weighted by Crippen LogP contribution is 2.09. The second kappa shape index (κ2) is 7.52. The number of anilines is 2. The maximum Gasteiger partial charge on any atom is 0.325 e. The lowest BCUT2D eigenvalue weighted by molar-refractivity contribution is -0.137. The van der Waals surface area contributed by atoms with Gasteiger partial charge in [-0.1, -0.05) is 0 Å². The average Bonchev–Trinajstić information content (AvgIpc) is 2.35. The fraction of sp³-hybridized carbons (Fsp3) is 0.583. The molecule has 1 heterocycles. The number of carbonyl (C=O) groups is 1. The van der Waals surface area contributed by atoms with Gasteiger partial charge in [-0.05, 0) is 34.0 Å². The number of nitrogens with zero attached hydrogens (tertiary/aromatic N) is 3. The van der Waals surface area contributed by atoms with Crippen LogP contribution in [0.2, 0.25) is 0 Å². The van der Waals surface area contributed by atoms with Crippen molar-refractivity contribution >= 4 is 17.6 Å². The lowest BCUT2D eigenvalue weighted by Gasteiger charge is -2.12. The first-order chi connectivity index (χ1) is 8.99. The van der Waals surface area contributed by atoms with Crippen LogP contribution in [0.4, 0.5) is 11.6 Å². The Hall–Kier alpha value is -1.89. The monoisotopic (exact) mass is 267 g/mol. The molecule has 19 heavy (non-hydrogen) atoms. The zero-order chi connectivity index (χ0) is 14.3. The summed E-state index contributed by atoms with van der Waals surface area (Å²) in [5.41, 5.74) is 0. The number of rotatable bonds is 8. The van der Waals surface area contributed by atoms with Crippen molar-refractivity contribution in [1.82, 2.24) is 14.9 Å². The lowest BCUT2D eigenvalue weighted by atomic mass is 10.3. The Morgan fingerprint density at radius 3 is 2.74 bits per heavy atom. The summed E-state index contributed by atoms with van der Waals surface area (Å²) in [4.78, 5) is 20.9. The molecule has 0 amide bonds. The molecule has 7 heteroatoms. The van der Waals surface area contributed by atoms with Crippen LogP contribution in [0, 0.1) is 0 Å². The molecule has 106 valence electrons. The number of nitrogens with one attached hydrogen (secondary N) is 2. The van der Waals surface area contributed by atoms with Gasteiger partial charge in [-0.15, -0.1) is 0 Å². The number of aliphatic carboxylic acids is 1. The highest BCUT2D eigenvalue weighted by atomic mass is 16.4. The normalized spacial score (nSPS) is 12.2. The van der Waals surface area contributed by atoms with Crippen LogP contribution in [-0.2, 0) is 4.79 Å². The molecule has 0 fully saturated rings. The van der Waals surface area contributed by atoms with Gasteiger partial charge in [0.25, 0.3) is 0 Å². The highest BCUT2D eigenvalue weighted by Gasteiger charge is 2.10. The van der Waals surface area contributed by atoms with Crippen LogP contribution in [0.15, 0.2) is 12.4 Å². The molecule has 0 aliphatic rings. The van der Waals surface area contributed by atoms with Gasteiger partial charge in [0, 0.05) is 12.6 Å². The van der Waals surface area contributed by atoms with Crippen molar-refractivity contribution < 1.29 is 9.90 Å². The van der Waals surface area contributed by atoms with E-state index in [0.717, 1.165) is 19.5 Å². The van der Waals surface area contributed by atoms with Gasteiger partial charge < -0.3 is 20.6 Å². The molecule has 1 atom stereocenters. The summed E-state index contributed by atoms with van der Waals surface area (Å²) in [6.45, 7) is 3.37. The zero-order valence-corrected chi connectivity index (χ0v) is 11.6. The van der Waals surface area contributed by atoms with Gasteiger partial charge in [-0.2, -0.15) is 0 Å². The van der Waals surface area contributed by atoms with Gasteiger partial charge in [-0.3, -0.25) is 4.79 Å². The van der Waals surface area contributed by atoms with E-state index in [0.29, 0.717) is 11.6 Å². The Morgan fingerprint density at radius 2 is 2.11 bits per heavy atom. The van der Waals surface area contributed by atoms with Crippen LogP contribution in [0.1, 0.15) is 13.3 Å². The molecule has 0 aromatic carbocycles. The smallest absolute Gasteiger partial charge is 0.325 e. The fourth-order valence-electron chi connectivity index (χ4n) is 1.43. The zero-order valence-electron chi connectivity index (χ0n) is 11.6. The average molecular weight is 267 g/mol. The molecule has 0 bridgehead atoms. The summed E-state index contributed by atoms with van der Waals surface area (Å²) in [6.07, 6.45) is 2.41. The minimum Gasteiger partial charge on any atom is -0.480 e. The van der Waals surface area contributed by atoms with Gasteiger partial charge >= 0.3 is 5.97 Å². The van der Waals surface area contributed by atoms with Crippen molar-refractivity contribution in [3.8, 4) is 0 Å². The van der Waals surface area contributed by atoms with Crippen LogP contribution < -0.4 is 10.6 Å². The quantitative estimate of drug-likeness (QED) is 0.598. The third-order valence-corrected chi connectivity index (χ3v) is 2.49. The third kappa shape index (κ3) is 6.01. The molecular weight excluding hydrogens is 246 g/mol. The maximum absolute atomic E-state index is 10.7. The summed E-state index contributed by atoms with van der Waals surface area (Å²) in [5.74, 6) is 0.271. The minimum atomic E-state index is -0.917. The molecule has 0 spiro atoms. The Morgan fingerprint density at radius 1 is 1.42 bits per heavy atom. The number of hydrogen-bond donors (Lipinski definition) is 3. The third-order valence-electron chi connectivity index (χ3n) is 2.49. The lowest BCUT2D eigenvalue weighted by Crippen LogP contribution is -2.26. The summed E-state index contributed by atoms with van der Waals surface area (Å²) in [6, 6.07) is 1.02. The van der Waals surface area contributed by atoms with Gasteiger partial charge in [0.05, 0.1) is 0 Å². The summed E-state index contributed by atoms with van der Waals surface area (Å²) in [5, 5.41) is 14.8. The molecule has 0 radical (unpaired) electrons. The van der Waals surface area contributed by atoms with Gasteiger partial charge in [0.1, 0.15) is 24.0 Å². The molecule has 7 nitrogen and oxygen atoms in total. The molecule has 1 aromatic rings. The number of hydrogen-bond acceptors (Lipinski definition) is 6. The van der Waals surface area contributed by atoms with E-state index in [1.807, 2.05) is 14.1 Å². The van der Waals surface area contributed by atoms with Crippen molar-refractivity contribution in [2.24, 2.45) is 0 Å². The highest BCUT2D eigenvalue weighted by molar-refractivity contribution is 5.76. The second-order valence-corrected chi connectivity index (χ2v) is 4.58. The first kappa shape index (κ1) is 15.2. The van der Waals surface area contributed by atoms with E-state index in [4.69, 9.17) is 5.11 Å². The largest absolute Gasteiger partial charge is 0.480 e. The predicted octanol–water partition coefficient (Wildman–Crippen LogP) is 0.725. The van der Waals surface area contributed by atoms with Gasteiger partial charge in [0.2, 0.25) is 0 Å². The molecule has 1 aromatic heterocycles. The second-order valence-electron chi connectivity index (χ2n) is 4.58. The van der Waals surface area contributed by atoms with E-state index in [1.165, 1.54) is 6.33 Å². The Labute approximate surface area is 113 Å². The Kier molecular flexibility index (Phi) is 6.01. The van der Waals surface area contributed by atoms with Crippen LogP contribution in [0.3, 0.4) is 0 Å². The summed E-state index contributed by atoms with van der Waals surface area (Å²) in [7, 11) is 4.06. The minimum absolute atomic E-state index is 0.500. The molecular formula is C12H21N5O2. The Bertz CT molecular complexity index is 411. The molecule has 1 unspecified atom stereocenters. The van der Waals surface area contributed by atoms with Crippen molar-refractivity contribution in [2.45, 2.75) is 19.4 Å². The molecule has 1 rings (SSSR count). The van der Waals surface area contributed by atoms with Crippen molar-refractivity contribution in [1.29, 1.82) is 0 Å². The maximum atomic E-state index is 10.7. The van der Waals surface area contributed by atoms with Crippen LogP contribution in [-0.4, -0.2) is 59.2 Å². The van der Waals surface area contributed by atoms with Crippen LogP contribution >= 0.6 is 0 Å². The van der Waals surface area contributed by atoms with Crippen LogP contribution in [0.5, 0.6) is 0 Å². The summed E-state index contributed by atoms with van der Waals surface area (Å²) < 4.78 is 0. The van der Waals surface area contributed by atoms with E-state index in [-0.39, 0.29) is 0 Å². The van der Waals surface area contributed by atoms with Crippen LogP contribution in [0.25, 0.3) is 0 Å². The van der Waals surface area contributed by atoms with Crippen molar-refractivity contribution in [3.63, 3.8) is 0 Å². The van der Waals surface area contributed by atoms with E-state index in [1.54, 1.807) is 13.0 Å². The fourth-order valence-corrected chi connectivity index (χ4v) is 1.43. The van der Waals surface area contributed by atoms with E-state index >= 15 is 0 Å². The molecule has 0 saturated heterocycles. The van der Waals surface area contributed by atoms with Gasteiger partial charge in [0.15, 0.2) is 0 Å². The van der Waals surface area contributed by atoms with Gasteiger partial charge in [-0.25, -0.2) is 9.97 Å². The Balaban J connectivity index is 2.45. The van der Waals surface area contributed by atoms with E-state index in [2.05, 4.69) is 25.5 Å². The molecule has 0 aliphatic carbocycles. The summed E-state index contributed by atoms with van der Waals surface area (Å²) >= 11 is 0. The molecule has 3 N–H and O–H groups in total. The number of carboxylic acids is 1.